The van der Waals surface area contributed by atoms with E-state index in [0.717, 1.165) is 38.5 Å². The number of hydrogen-bond acceptors (Lipinski definition) is 3. The molecule has 0 rings (SSSR count). The maximum atomic E-state index is 11.6. The smallest absolute Gasteiger partial charge is 0.220 e. The van der Waals surface area contributed by atoms with E-state index in [0.29, 0.717) is 25.4 Å². The molecule has 0 spiro atoms. The first kappa shape index (κ1) is 17.4. The SMILES string of the molecule is CCCC(CCN)CCC(=O)NCCCC(C)O. The Hall–Kier alpha value is -0.610. The van der Waals surface area contributed by atoms with Crippen LogP contribution in [0.2, 0.25) is 0 Å². The second kappa shape index (κ2) is 11.5. The third kappa shape index (κ3) is 10.5. The molecule has 4 heteroatoms. The van der Waals surface area contributed by atoms with E-state index in [4.69, 9.17) is 10.8 Å². The van der Waals surface area contributed by atoms with E-state index in [9.17, 15) is 4.79 Å². The van der Waals surface area contributed by atoms with Crippen LogP contribution in [-0.2, 0) is 4.79 Å². The summed E-state index contributed by atoms with van der Waals surface area (Å²) in [4.78, 5) is 11.6. The Labute approximate surface area is 111 Å². The fourth-order valence-corrected chi connectivity index (χ4v) is 2.13. The van der Waals surface area contributed by atoms with Crippen LogP contribution < -0.4 is 11.1 Å². The van der Waals surface area contributed by atoms with Crippen molar-refractivity contribution < 1.29 is 9.90 Å². The van der Waals surface area contributed by atoms with Gasteiger partial charge in [0.2, 0.25) is 5.91 Å². The van der Waals surface area contributed by atoms with Gasteiger partial charge in [-0.2, -0.15) is 0 Å². The van der Waals surface area contributed by atoms with Crippen molar-refractivity contribution in [1.29, 1.82) is 0 Å². The zero-order valence-corrected chi connectivity index (χ0v) is 12.0. The van der Waals surface area contributed by atoms with Crippen LogP contribution in [0.3, 0.4) is 0 Å². The Kier molecular flexibility index (Phi) is 11.1. The number of carbonyl (C=O) groups excluding carboxylic acids is 1. The first-order valence-corrected chi connectivity index (χ1v) is 7.25. The molecule has 0 aromatic carbocycles. The molecule has 4 nitrogen and oxygen atoms in total. The van der Waals surface area contributed by atoms with Crippen LogP contribution in [0, 0.1) is 5.92 Å². The molecular weight excluding hydrogens is 228 g/mol. The highest BCUT2D eigenvalue weighted by Gasteiger charge is 2.09. The molecule has 0 aliphatic heterocycles. The van der Waals surface area contributed by atoms with Gasteiger partial charge in [-0.15, -0.1) is 0 Å². The molecule has 1 amide bonds. The highest BCUT2D eigenvalue weighted by atomic mass is 16.3. The minimum Gasteiger partial charge on any atom is -0.393 e. The summed E-state index contributed by atoms with van der Waals surface area (Å²) < 4.78 is 0. The maximum Gasteiger partial charge on any atom is 0.220 e. The lowest BCUT2D eigenvalue weighted by molar-refractivity contribution is -0.121. The van der Waals surface area contributed by atoms with Crippen molar-refractivity contribution >= 4 is 5.91 Å². The zero-order chi connectivity index (χ0) is 13.8. The minimum absolute atomic E-state index is 0.124. The van der Waals surface area contributed by atoms with Crippen LogP contribution in [0.15, 0.2) is 0 Å². The van der Waals surface area contributed by atoms with Gasteiger partial charge in [-0.1, -0.05) is 19.8 Å². The van der Waals surface area contributed by atoms with Gasteiger partial charge >= 0.3 is 0 Å². The topological polar surface area (TPSA) is 75.4 Å². The average molecular weight is 258 g/mol. The van der Waals surface area contributed by atoms with Gasteiger partial charge in [0.05, 0.1) is 6.10 Å². The number of aliphatic hydroxyl groups is 1. The van der Waals surface area contributed by atoms with Gasteiger partial charge in [-0.25, -0.2) is 0 Å². The lowest BCUT2D eigenvalue weighted by Crippen LogP contribution is -2.25. The normalized spacial score (nSPS) is 14.2. The number of rotatable bonds is 11. The molecule has 0 fully saturated rings. The van der Waals surface area contributed by atoms with Crippen LogP contribution in [0.5, 0.6) is 0 Å². The van der Waals surface area contributed by atoms with E-state index >= 15 is 0 Å². The quantitative estimate of drug-likeness (QED) is 0.495. The Morgan fingerprint density at radius 2 is 2.00 bits per heavy atom. The van der Waals surface area contributed by atoms with E-state index < -0.39 is 0 Å². The van der Waals surface area contributed by atoms with Gasteiger partial charge in [-0.3, -0.25) is 4.79 Å². The molecule has 0 bridgehead atoms. The summed E-state index contributed by atoms with van der Waals surface area (Å²) in [6.07, 6.45) is 6.17. The number of hydrogen-bond donors (Lipinski definition) is 3. The van der Waals surface area contributed by atoms with Crippen LogP contribution >= 0.6 is 0 Å². The summed E-state index contributed by atoms with van der Waals surface area (Å²) in [5.41, 5.74) is 5.57. The molecule has 18 heavy (non-hydrogen) atoms. The minimum atomic E-state index is -0.277. The second-order valence-electron chi connectivity index (χ2n) is 5.11. The van der Waals surface area contributed by atoms with Crippen molar-refractivity contribution in [1.82, 2.24) is 5.32 Å². The summed E-state index contributed by atoms with van der Waals surface area (Å²) in [7, 11) is 0. The van der Waals surface area contributed by atoms with Gasteiger partial charge in [0, 0.05) is 13.0 Å². The van der Waals surface area contributed by atoms with Crippen LogP contribution in [0.4, 0.5) is 0 Å². The van der Waals surface area contributed by atoms with E-state index in [1.165, 1.54) is 0 Å². The average Bonchev–Trinajstić information content (AvgIpc) is 2.32. The van der Waals surface area contributed by atoms with E-state index in [-0.39, 0.29) is 12.0 Å². The van der Waals surface area contributed by atoms with Crippen LogP contribution in [-0.4, -0.2) is 30.2 Å². The Morgan fingerprint density at radius 3 is 2.56 bits per heavy atom. The summed E-state index contributed by atoms with van der Waals surface area (Å²) >= 11 is 0. The number of aliphatic hydroxyl groups excluding tert-OH is 1. The molecule has 0 aliphatic carbocycles. The highest BCUT2D eigenvalue weighted by Crippen LogP contribution is 2.16. The molecule has 0 radical (unpaired) electrons. The first-order valence-electron chi connectivity index (χ1n) is 7.25. The standard InChI is InChI=1S/C14H30N2O2/c1-3-5-13(9-10-15)7-8-14(18)16-11-4-6-12(2)17/h12-13,17H,3-11,15H2,1-2H3,(H,16,18). The monoisotopic (exact) mass is 258 g/mol. The predicted octanol–water partition coefficient (Wildman–Crippen LogP) is 1.81. The van der Waals surface area contributed by atoms with Gasteiger partial charge in [0.15, 0.2) is 0 Å². The fraction of sp³-hybridized carbons (Fsp3) is 0.929. The van der Waals surface area contributed by atoms with Crippen LogP contribution in [0.25, 0.3) is 0 Å². The molecule has 0 aromatic heterocycles. The molecule has 2 atom stereocenters. The molecule has 2 unspecified atom stereocenters. The van der Waals surface area contributed by atoms with Crippen molar-refractivity contribution in [3.05, 3.63) is 0 Å². The number of nitrogens with one attached hydrogen (secondary N) is 1. The lowest BCUT2D eigenvalue weighted by Gasteiger charge is -2.14. The third-order valence-corrected chi connectivity index (χ3v) is 3.17. The molecule has 0 saturated carbocycles. The Morgan fingerprint density at radius 1 is 1.28 bits per heavy atom. The number of carbonyl (C=O) groups is 1. The van der Waals surface area contributed by atoms with E-state index in [1.807, 2.05) is 0 Å². The molecule has 4 N–H and O–H groups in total. The van der Waals surface area contributed by atoms with Crippen molar-refractivity contribution in [2.45, 2.75) is 64.9 Å². The fourth-order valence-electron chi connectivity index (χ4n) is 2.13. The van der Waals surface area contributed by atoms with Crippen LogP contribution in [0.1, 0.15) is 58.8 Å². The zero-order valence-electron chi connectivity index (χ0n) is 12.0. The van der Waals surface area contributed by atoms with Gasteiger partial charge < -0.3 is 16.2 Å². The molecule has 0 aliphatic rings. The van der Waals surface area contributed by atoms with E-state index in [1.54, 1.807) is 6.92 Å². The van der Waals surface area contributed by atoms with Crippen molar-refractivity contribution in [2.24, 2.45) is 11.7 Å². The molecule has 0 aromatic rings. The molecule has 0 saturated heterocycles. The summed E-state index contributed by atoms with van der Waals surface area (Å²) in [6, 6.07) is 0. The van der Waals surface area contributed by atoms with Crippen molar-refractivity contribution in [3.8, 4) is 0 Å². The highest BCUT2D eigenvalue weighted by molar-refractivity contribution is 5.75. The Balaban J connectivity index is 3.60. The van der Waals surface area contributed by atoms with Gasteiger partial charge in [0.25, 0.3) is 0 Å². The molecule has 108 valence electrons. The van der Waals surface area contributed by atoms with Gasteiger partial charge in [-0.05, 0) is 45.1 Å². The third-order valence-electron chi connectivity index (χ3n) is 3.17. The summed E-state index contributed by atoms with van der Waals surface area (Å²) in [5.74, 6) is 0.710. The molecular formula is C14H30N2O2. The van der Waals surface area contributed by atoms with Gasteiger partial charge in [0.1, 0.15) is 0 Å². The maximum absolute atomic E-state index is 11.6. The Bertz CT molecular complexity index is 202. The summed E-state index contributed by atoms with van der Waals surface area (Å²) in [5, 5.41) is 12.0. The molecule has 0 heterocycles. The first-order chi connectivity index (χ1) is 8.60. The van der Waals surface area contributed by atoms with Crippen molar-refractivity contribution in [3.63, 3.8) is 0 Å². The number of nitrogens with two attached hydrogens (primary N) is 1. The van der Waals surface area contributed by atoms with Crippen molar-refractivity contribution in [2.75, 3.05) is 13.1 Å². The number of amides is 1. The summed E-state index contributed by atoms with van der Waals surface area (Å²) in [6.45, 7) is 5.31. The largest absolute Gasteiger partial charge is 0.393 e. The van der Waals surface area contributed by atoms with E-state index in [2.05, 4.69) is 12.2 Å². The second-order valence-corrected chi connectivity index (χ2v) is 5.11. The lowest BCUT2D eigenvalue weighted by atomic mass is 9.94. The predicted molar refractivity (Wildman–Crippen MR) is 75.2 cm³/mol.